The second-order valence-electron chi connectivity index (χ2n) is 4.90. The Morgan fingerprint density at radius 3 is 3.00 bits per heavy atom. The molecule has 0 spiro atoms. The topological polar surface area (TPSA) is 41.8 Å². The zero-order valence-corrected chi connectivity index (χ0v) is 12.6. The van der Waals surface area contributed by atoms with Gasteiger partial charge in [-0.25, -0.2) is 4.98 Å². The monoisotopic (exact) mass is 276 g/mol. The molecule has 0 saturated heterocycles. The molecule has 0 aliphatic carbocycles. The molecule has 0 amide bonds. The van der Waals surface area contributed by atoms with Gasteiger partial charge in [0.05, 0.1) is 12.3 Å². The quantitative estimate of drug-likeness (QED) is 0.748. The first-order valence-corrected chi connectivity index (χ1v) is 7.14. The number of imidazole rings is 1. The summed E-state index contributed by atoms with van der Waals surface area (Å²) < 4.78 is 7.22. The van der Waals surface area contributed by atoms with Gasteiger partial charge in [0, 0.05) is 40.0 Å². The van der Waals surface area contributed by atoms with Crippen molar-refractivity contribution in [2.24, 2.45) is 0 Å². The molecule has 2 aromatic heterocycles. The van der Waals surface area contributed by atoms with Gasteiger partial charge in [0.1, 0.15) is 5.65 Å². The largest absolute Gasteiger partial charge is 0.383 e. The maximum Gasteiger partial charge on any atom is 0.152 e. The summed E-state index contributed by atoms with van der Waals surface area (Å²) in [7, 11) is 3.82. The van der Waals surface area contributed by atoms with Gasteiger partial charge in [-0.1, -0.05) is 13.0 Å². The molecule has 0 aliphatic rings. The lowest BCUT2D eigenvalue weighted by Crippen LogP contribution is -2.24. The second-order valence-corrected chi connectivity index (χ2v) is 4.90. The lowest BCUT2D eigenvalue weighted by Gasteiger charge is -2.17. The Morgan fingerprint density at radius 2 is 2.25 bits per heavy atom. The Bertz CT molecular complexity index is 538. The van der Waals surface area contributed by atoms with Crippen LogP contribution in [0.4, 0.5) is 5.82 Å². The molecule has 0 bridgehead atoms. The number of rotatable bonds is 8. The number of hydrogen-bond acceptors (Lipinski definition) is 4. The van der Waals surface area contributed by atoms with Crippen molar-refractivity contribution in [3.63, 3.8) is 0 Å². The van der Waals surface area contributed by atoms with Gasteiger partial charge in [-0.15, -0.1) is 0 Å². The third-order valence-corrected chi connectivity index (χ3v) is 3.30. The van der Waals surface area contributed by atoms with E-state index in [0.29, 0.717) is 0 Å². The van der Waals surface area contributed by atoms with Crippen LogP contribution in [0.3, 0.4) is 0 Å². The van der Waals surface area contributed by atoms with Crippen molar-refractivity contribution in [1.82, 2.24) is 14.7 Å². The van der Waals surface area contributed by atoms with E-state index in [9.17, 15) is 0 Å². The first-order chi connectivity index (χ1) is 9.77. The van der Waals surface area contributed by atoms with Crippen molar-refractivity contribution in [3.8, 4) is 0 Å². The first kappa shape index (κ1) is 14.8. The highest BCUT2D eigenvalue weighted by Gasteiger charge is 2.14. The van der Waals surface area contributed by atoms with Crippen LogP contribution in [-0.2, 0) is 11.3 Å². The number of ether oxygens (including phenoxy) is 1. The lowest BCUT2D eigenvalue weighted by atomic mass is 10.3. The molecule has 0 saturated carbocycles. The third kappa shape index (κ3) is 3.29. The molecular formula is C15H24N4O. The van der Waals surface area contributed by atoms with Crippen LogP contribution in [0.5, 0.6) is 0 Å². The second kappa shape index (κ2) is 7.26. The van der Waals surface area contributed by atoms with Gasteiger partial charge in [-0.05, 0) is 18.6 Å². The zero-order valence-electron chi connectivity index (χ0n) is 12.6. The Balaban J connectivity index is 2.24. The predicted octanol–water partition coefficient (Wildman–Crippen LogP) is 1.92. The van der Waals surface area contributed by atoms with Crippen LogP contribution in [0.2, 0.25) is 0 Å². The van der Waals surface area contributed by atoms with Gasteiger partial charge >= 0.3 is 0 Å². The van der Waals surface area contributed by atoms with Crippen LogP contribution >= 0.6 is 0 Å². The molecule has 110 valence electrons. The highest BCUT2D eigenvalue weighted by atomic mass is 16.5. The highest BCUT2D eigenvalue weighted by Crippen LogP contribution is 2.20. The third-order valence-electron chi connectivity index (χ3n) is 3.30. The Morgan fingerprint density at radius 1 is 1.40 bits per heavy atom. The number of aromatic nitrogens is 2. The minimum Gasteiger partial charge on any atom is -0.383 e. The summed E-state index contributed by atoms with van der Waals surface area (Å²) in [5.74, 6) is 1.06. The summed E-state index contributed by atoms with van der Waals surface area (Å²) in [5, 5.41) is 3.41. The van der Waals surface area contributed by atoms with Gasteiger partial charge in [0.25, 0.3) is 0 Å². The van der Waals surface area contributed by atoms with E-state index in [1.807, 2.05) is 18.2 Å². The van der Waals surface area contributed by atoms with Crippen molar-refractivity contribution in [2.75, 3.05) is 38.8 Å². The molecule has 1 N–H and O–H groups in total. The minimum atomic E-state index is 0.719. The van der Waals surface area contributed by atoms with Crippen molar-refractivity contribution in [3.05, 3.63) is 30.1 Å². The fourth-order valence-corrected chi connectivity index (χ4v) is 2.33. The molecule has 0 radical (unpaired) electrons. The van der Waals surface area contributed by atoms with Gasteiger partial charge in [-0.2, -0.15) is 0 Å². The van der Waals surface area contributed by atoms with Gasteiger partial charge in [0.2, 0.25) is 0 Å². The number of nitrogens with one attached hydrogen (secondary N) is 1. The molecule has 0 aromatic carbocycles. The number of nitrogens with zero attached hydrogens (tertiary/aromatic N) is 3. The molecule has 0 atom stereocenters. The normalized spacial score (nSPS) is 11.2. The average molecular weight is 276 g/mol. The molecular weight excluding hydrogens is 252 g/mol. The van der Waals surface area contributed by atoms with Gasteiger partial charge < -0.3 is 19.4 Å². The van der Waals surface area contributed by atoms with E-state index in [4.69, 9.17) is 9.72 Å². The zero-order chi connectivity index (χ0) is 14.4. The Kier molecular flexibility index (Phi) is 5.38. The Labute approximate surface area is 120 Å². The van der Waals surface area contributed by atoms with Gasteiger partial charge in [0.15, 0.2) is 5.82 Å². The van der Waals surface area contributed by atoms with E-state index in [2.05, 4.69) is 34.8 Å². The lowest BCUT2D eigenvalue weighted by molar-refractivity contribution is 0.199. The molecule has 5 nitrogen and oxygen atoms in total. The van der Waals surface area contributed by atoms with Crippen LogP contribution in [-0.4, -0.2) is 43.2 Å². The van der Waals surface area contributed by atoms with Crippen LogP contribution < -0.4 is 10.2 Å². The van der Waals surface area contributed by atoms with E-state index < -0.39 is 0 Å². The number of methoxy groups -OCH3 is 1. The SMILES string of the molecule is CCCN(C)c1nc2ccccn2c1CNCCOC. The first-order valence-electron chi connectivity index (χ1n) is 7.14. The van der Waals surface area contributed by atoms with E-state index in [1.165, 1.54) is 5.69 Å². The van der Waals surface area contributed by atoms with Crippen molar-refractivity contribution < 1.29 is 4.74 Å². The van der Waals surface area contributed by atoms with Gasteiger partial charge in [-0.3, -0.25) is 0 Å². The summed E-state index contributed by atoms with van der Waals surface area (Å²) in [6.45, 7) is 5.54. The van der Waals surface area contributed by atoms with Crippen molar-refractivity contribution in [1.29, 1.82) is 0 Å². The maximum absolute atomic E-state index is 5.07. The molecule has 0 aliphatic heterocycles. The average Bonchev–Trinajstić information content (AvgIpc) is 2.83. The molecule has 2 rings (SSSR count). The fraction of sp³-hybridized carbons (Fsp3) is 0.533. The summed E-state index contributed by atoms with van der Waals surface area (Å²) in [6.07, 6.45) is 3.18. The number of fused-ring (bicyclic) bond motifs is 1. The summed E-state index contributed by atoms with van der Waals surface area (Å²) in [5.41, 5.74) is 2.20. The number of hydrogen-bond donors (Lipinski definition) is 1. The van der Waals surface area contributed by atoms with Crippen LogP contribution in [0.1, 0.15) is 19.0 Å². The molecule has 20 heavy (non-hydrogen) atoms. The van der Waals surface area contributed by atoms with E-state index in [0.717, 1.165) is 44.1 Å². The minimum absolute atomic E-state index is 0.719. The van der Waals surface area contributed by atoms with Crippen molar-refractivity contribution >= 4 is 11.5 Å². The molecule has 2 heterocycles. The molecule has 0 fully saturated rings. The number of pyridine rings is 1. The van der Waals surface area contributed by atoms with Crippen molar-refractivity contribution in [2.45, 2.75) is 19.9 Å². The molecule has 0 unspecified atom stereocenters. The predicted molar refractivity (Wildman–Crippen MR) is 82.3 cm³/mol. The number of anilines is 1. The maximum atomic E-state index is 5.07. The standard InChI is InChI=1S/C15H24N4O/c1-4-9-18(2)15-13(12-16-8-11-20-3)19-10-6-5-7-14(19)17-15/h5-7,10,16H,4,8-9,11-12H2,1-3H3. The van der Waals surface area contributed by atoms with E-state index in [1.54, 1.807) is 7.11 Å². The molecule has 2 aromatic rings. The van der Waals surface area contributed by atoms with Crippen LogP contribution in [0.25, 0.3) is 5.65 Å². The summed E-state index contributed by atoms with van der Waals surface area (Å²) in [6, 6.07) is 6.10. The Hall–Kier alpha value is -1.59. The van der Waals surface area contributed by atoms with E-state index >= 15 is 0 Å². The fourth-order valence-electron chi connectivity index (χ4n) is 2.33. The van der Waals surface area contributed by atoms with Crippen LogP contribution in [0.15, 0.2) is 24.4 Å². The molecule has 5 heteroatoms. The smallest absolute Gasteiger partial charge is 0.152 e. The summed E-state index contributed by atoms with van der Waals surface area (Å²) in [4.78, 5) is 6.97. The summed E-state index contributed by atoms with van der Waals surface area (Å²) >= 11 is 0. The van der Waals surface area contributed by atoms with E-state index in [-0.39, 0.29) is 0 Å². The van der Waals surface area contributed by atoms with Crippen LogP contribution in [0, 0.1) is 0 Å². The highest BCUT2D eigenvalue weighted by molar-refractivity contribution is 5.55.